The molecule has 0 atom stereocenters. The standard InChI is InChI=1S/C17H14N2O4/c1-11-14-7-2-3-8-15(14)23-16(11)17(20)18-10-12-5-4-6-13(9-12)19(21)22/h2-9H,10H2,1H3,(H,18,20). The maximum Gasteiger partial charge on any atom is 0.287 e. The van der Waals surface area contributed by atoms with Crippen LogP contribution in [0.4, 0.5) is 5.69 Å². The SMILES string of the molecule is Cc1c(C(=O)NCc2cccc([N+](=O)[O-])c2)oc2ccccc12. The lowest BCUT2D eigenvalue weighted by Crippen LogP contribution is -2.23. The van der Waals surface area contributed by atoms with Gasteiger partial charge in [-0.15, -0.1) is 0 Å². The molecular weight excluding hydrogens is 296 g/mol. The van der Waals surface area contributed by atoms with Gasteiger partial charge in [0.1, 0.15) is 5.58 Å². The van der Waals surface area contributed by atoms with Crippen LogP contribution in [0.5, 0.6) is 0 Å². The summed E-state index contributed by atoms with van der Waals surface area (Å²) in [5, 5.41) is 14.4. The van der Waals surface area contributed by atoms with Crippen LogP contribution < -0.4 is 5.32 Å². The molecule has 0 spiro atoms. The lowest BCUT2D eigenvalue weighted by Gasteiger charge is -2.04. The van der Waals surface area contributed by atoms with Crippen molar-refractivity contribution in [2.45, 2.75) is 13.5 Å². The Hall–Kier alpha value is -3.15. The second kappa shape index (κ2) is 5.92. The number of nitrogens with zero attached hydrogens (tertiary/aromatic N) is 1. The molecule has 1 aromatic heterocycles. The summed E-state index contributed by atoms with van der Waals surface area (Å²) < 4.78 is 5.59. The van der Waals surface area contributed by atoms with Crippen LogP contribution in [0, 0.1) is 17.0 Å². The summed E-state index contributed by atoms with van der Waals surface area (Å²) in [7, 11) is 0. The fraction of sp³-hybridized carbons (Fsp3) is 0.118. The minimum absolute atomic E-state index is 0.00309. The number of para-hydroxylation sites is 1. The third kappa shape index (κ3) is 2.91. The molecule has 3 rings (SSSR count). The molecule has 1 N–H and O–H groups in total. The number of benzene rings is 2. The number of nitro benzene ring substituents is 1. The van der Waals surface area contributed by atoms with E-state index in [1.807, 2.05) is 25.1 Å². The van der Waals surface area contributed by atoms with Gasteiger partial charge >= 0.3 is 0 Å². The molecule has 0 fully saturated rings. The third-order valence-corrected chi connectivity index (χ3v) is 3.62. The zero-order valence-corrected chi connectivity index (χ0v) is 12.4. The van der Waals surface area contributed by atoms with Gasteiger partial charge in [0.2, 0.25) is 0 Å². The summed E-state index contributed by atoms with van der Waals surface area (Å²) in [5.74, 6) is -0.0816. The zero-order valence-electron chi connectivity index (χ0n) is 12.4. The third-order valence-electron chi connectivity index (χ3n) is 3.62. The van der Waals surface area contributed by atoms with E-state index in [-0.39, 0.29) is 23.9 Å². The Labute approximate surface area is 131 Å². The van der Waals surface area contributed by atoms with Crippen LogP contribution in [0.2, 0.25) is 0 Å². The van der Waals surface area contributed by atoms with E-state index in [1.54, 1.807) is 18.2 Å². The van der Waals surface area contributed by atoms with E-state index >= 15 is 0 Å². The smallest absolute Gasteiger partial charge is 0.287 e. The molecular formula is C17H14N2O4. The molecule has 0 saturated carbocycles. The van der Waals surface area contributed by atoms with E-state index in [1.165, 1.54) is 12.1 Å². The molecule has 0 radical (unpaired) electrons. The van der Waals surface area contributed by atoms with Crippen molar-refractivity contribution in [3.8, 4) is 0 Å². The van der Waals surface area contributed by atoms with Crippen LogP contribution in [0.3, 0.4) is 0 Å². The van der Waals surface area contributed by atoms with E-state index in [4.69, 9.17) is 4.42 Å². The van der Waals surface area contributed by atoms with Gasteiger partial charge < -0.3 is 9.73 Å². The molecule has 0 bridgehead atoms. The van der Waals surface area contributed by atoms with Crippen LogP contribution in [0.15, 0.2) is 52.9 Å². The van der Waals surface area contributed by atoms with Crippen LogP contribution in [0.1, 0.15) is 21.7 Å². The first-order valence-electron chi connectivity index (χ1n) is 7.06. The van der Waals surface area contributed by atoms with Crippen molar-refractivity contribution in [1.29, 1.82) is 0 Å². The summed E-state index contributed by atoms with van der Waals surface area (Å²) in [6.45, 7) is 2.02. The van der Waals surface area contributed by atoms with E-state index in [2.05, 4.69) is 5.32 Å². The number of non-ortho nitro benzene ring substituents is 1. The van der Waals surface area contributed by atoms with Crippen molar-refractivity contribution in [1.82, 2.24) is 5.32 Å². The first-order chi connectivity index (χ1) is 11.1. The Morgan fingerprint density at radius 1 is 1.22 bits per heavy atom. The van der Waals surface area contributed by atoms with E-state index in [0.717, 1.165) is 10.9 Å². The Kier molecular flexibility index (Phi) is 3.80. The predicted octanol–water partition coefficient (Wildman–Crippen LogP) is 3.58. The molecule has 6 nitrogen and oxygen atoms in total. The van der Waals surface area contributed by atoms with Gasteiger partial charge in [-0.1, -0.05) is 30.3 Å². The molecule has 2 aromatic carbocycles. The Balaban J connectivity index is 1.77. The fourth-order valence-corrected chi connectivity index (χ4v) is 2.43. The quantitative estimate of drug-likeness (QED) is 0.589. The van der Waals surface area contributed by atoms with Gasteiger partial charge in [-0.25, -0.2) is 0 Å². The lowest BCUT2D eigenvalue weighted by molar-refractivity contribution is -0.384. The highest BCUT2D eigenvalue weighted by Gasteiger charge is 2.17. The van der Waals surface area contributed by atoms with E-state index < -0.39 is 4.92 Å². The predicted molar refractivity (Wildman–Crippen MR) is 85.2 cm³/mol. The zero-order chi connectivity index (χ0) is 16.4. The first-order valence-corrected chi connectivity index (χ1v) is 7.06. The Bertz CT molecular complexity index is 898. The summed E-state index contributed by atoms with van der Waals surface area (Å²) in [4.78, 5) is 22.6. The molecule has 0 aliphatic carbocycles. The van der Waals surface area contributed by atoms with Gasteiger partial charge in [0, 0.05) is 29.6 Å². The molecule has 116 valence electrons. The molecule has 3 aromatic rings. The van der Waals surface area contributed by atoms with Crippen LogP contribution in [0.25, 0.3) is 11.0 Å². The summed E-state index contributed by atoms with van der Waals surface area (Å²) in [6.07, 6.45) is 0. The second-order valence-corrected chi connectivity index (χ2v) is 5.16. The van der Waals surface area contributed by atoms with Crippen molar-refractivity contribution < 1.29 is 14.1 Å². The van der Waals surface area contributed by atoms with Crippen molar-refractivity contribution >= 4 is 22.6 Å². The van der Waals surface area contributed by atoms with Crippen LogP contribution in [-0.4, -0.2) is 10.8 Å². The van der Waals surface area contributed by atoms with Gasteiger partial charge in [0.05, 0.1) is 4.92 Å². The molecule has 1 amide bonds. The number of nitrogens with one attached hydrogen (secondary N) is 1. The second-order valence-electron chi connectivity index (χ2n) is 5.16. The number of hydrogen-bond donors (Lipinski definition) is 1. The lowest BCUT2D eigenvalue weighted by atomic mass is 10.1. The maximum atomic E-state index is 12.3. The number of furan rings is 1. The summed E-state index contributed by atoms with van der Waals surface area (Å²) in [6, 6.07) is 13.6. The number of hydrogen-bond acceptors (Lipinski definition) is 4. The number of nitro groups is 1. The number of amides is 1. The van der Waals surface area contributed by atoms with Crippen molar-refractivity contribution in [2.24, 2.45) is 0 Å². The number of carbonyl (C=O) groups is 1. The summed E-state index contributed by atoms with van der Waals surface area (Å²) in [5.41, 5.74) is 2.08. The van der Waals surface area contributed by atoms with Crippen molar-refractivity contribution in [2.75, 3.05) is 0 Å². The average molecular weight is 310 g/mol. The van der Waals surface area contributed by atoms with Gasteiger partial charge in [0.15, 0.2) is 5.76 Å². The molecule has 6 heteroatoms. The van der Waals surface area contributed by atoms with Crippen molar-refractivity contribution in [3.63, 3.8) is 0 Å². The monoisotopic (exact) mass is 310 g/mol. The molecule has 23 heavy (non-hydrogen) atoms. The minimum atomic E-state index is -0.464. The van der Waals surface area contributed by atoms with Gasteiger partial charge in [-0.3, -0.25) is 14.9 Å². The minimum Gasteiger partial charge on any atom is -0.451 e. The average Bonchev–Trinajstić information content (AvgIpc) is 2.90. The number of aryl methyl sites for hydroxylation is 1. The van der Waals surface area contributed by atoms with Gasteiger partial charge in [-0.2, -0.15) is 0 Å². The van der Waals surface area contributed by atoms with Gasteiger partial charge in [-0.05, 0) is 18.6 Å². The normalized spacial score (nSPS) is 10.7. The molecule has 0 unspecified atom stereocenters. The first kappa shape index (κ1) is 14.8. The molecule has 0 aliphatic heterocycles. The molecule has 0 aliphatic rings. The highest BCUT2D eigenvalue weighted by Crippen LogP contribution is 2.24. The van der Waals surface area contributed by atoms with Gasteiger partial charge in [0.25, 0.3) is 11.6 Å². The Morgan fingerprint density at radius 2 is 2.00 bits per heavy atom. The van der Waals surface area contributed by atoms with Crippen LogP contribution >= 0.6 is 0 Å². The fourth-order valence-electron chi connectivity index (χ4n) is 2.43. The molecule has 0 saturated heterocycles. The highest BCUT2D eigenvalue weighted by atomic mass is 16.6. The highest BCUT2D eigenvalue weighted by molar-refractivity contribution is 5.98. The number of fused-ring (bicyclic) bond motifs is 1. The molecule has 1 heterocycles. The number of rotatable bonds is 4. The Morgan fingerprint density at radius 3 is 2.74 bits per heavy atom. The van der Waals surface area contributed by atoms with E-state index in [9.17, 15) is 14.9 Å². The largest absolute Gasteiger partial charge is 0.451 e. The van der Waals surface area contributed by atoms with E-state index in [0.29, 0.717) is 11.1 Å². The topological polar surface area (TPSA) is 85.4 Å². The maximum absolute atomic E-state index is 12.3. The number of carbonyl (C=O) groups excluding carboxylic acids is 1. The van der Waals surface area contributed by atoms with Crippen molar-refractivity contribution in [3.05, 3.63) is 75.5 Å². The summed E-state index contributed by atoms with van der Waals surface area (Å²) >= 11 is 0. The van der Waals surface area contributed by atoms with Crippen LogP contribution in [-0.2, 0) is 6.54 Å².